The number of thiol groups is 2. The molecule has 0 radical (unpaired) electrons. The lowest BCUT2D eigenvalue weighted by Gasteiger charge is -2.48. The monoisotopic (exact) mass is 524 g/mol. The van der Waals surface area contributed by atoms with Gasteiger partial charge in [-0.25, -0.2) is 0 Å². The molecule has 3 aliphatic rings. The molecular weight excluding hydrogens is 483 g/mol. The van der Waals surface area contributed by atoms with E-state index >= 15 is 0 Å². The molecule has 1 aliphatic carbocycles. The molecule has 4 rings (SSSR count). The third-order valence-corrected chi connectivity index (χ3v) is 11.3. The van der Waals surface area contributed by atoms with Gasteiger partial charge in [-0.15, -0.1) is 25.3 Å². The number of hydrogen-bond donors (Lipinski definition) is 2. The standard InChI is InChI=1S/C26H41N2O3PS2/c1-18-7-9-20(10-8-18)27-24-22-13-25(2,3)12-21(22)23(19-11-26(4,5)29-14-19)15-32(24,6)28(30-16-33)31-17-34/h7-10,19,21-23,33-34H,6,11-17H2,1-5H3. The van der Waals surface area contributed by atoms with Gasteiger partial charge in [-0.3, -0.25) is 14.7 Å². The maximum absolute atomic E-state index is 6.23. The summed E-state index contributed by atoms with van der Waals surface area (Å²) >= 11 is 8.69. The van der Waals surface area contributed by atoms with Crippen LogP contribution in [-0.4, -0.2) is 47.0 Å². The SMILES string of the molecule is C=P1(N(OCS)OCS)CC(C2COC(C)(C)C2)C2CC(C)(C)CC2C1=Nc1ccc(C)cc1. The van der Waals surface area contributed by atoms with Crippen LogP contribution in [0.1, 0.15) is 52.5 Å². The number of rotatable bonds is 7. The molecule has 0 N–H and O–H groups in total. The summed E-state index contributed by atoms with van der Waals surface area (Å²) in [6.45, 7) is 12.1. The Morgan fingerprint density at radius 2 is 1.71 bits per heavy atom. The third-order valence-electron chi connectivity index (χ3n) is 7.87. The molecule has 0 aromatic heterocycles. The van der Waals surface area contributed by atoms with E-state index in [1.54, 1.807) is 5.00 Å². The molecule has 2 heterocycles. The van der Waals surface area contributed by atoms with Crippen LogP contribution in [0.15, 0.2) is 29.3 Å². The smallest absolute Gasteiger partial charge is 0.114 e. The Kier molecular flexibility index (Phi) is 8.07. The Hall–Kier alpha value is -0.270. The number of aryl methyl sites for hydroxylation is 1. The summed E-state index contributed by atoms with van der Waals surface area (Å²) in [6, 6.07) is 8.44. The lowest BCUT2D eigenvalue weighted by Crippen LogP contribution is -2.43. The van der Waals surface area contributed by atoms with Gasteiger partial charge in [-0.2, -0.15) is 0 Å². The highest BCUT2D eigenvalue weighted by Crippen LogP contribution is 2.67. The molecule has 190 valence electrons. The van der Waals surface area contributed by atoms with E-state index < -0.39 is 7.04 Å². The van der Waals surface area contributed by atoms with Crippen molar-refractivity contribution in [2.45, 2.75) is 59.5 Å². The van der Waals surface area contributed by atoms with Gasteiger partial charge in [0.15, 0.2) is 0 Å². The molecule has 0 amide bonds. The fraction of sp³-hybridized carbons (Fsp3) is 0.692. The second-order valence-electron chi connectivity index (χ2n) is 11.7. The zero-order valence-electron chi connectivity index (χ0n) is 21.2. The van der Waals surface area contributed by atoms with Gasteiger partial charge in [-0.05, 0) is 86.5 Å². The Morgan fingerprint density at radius 3 is 2.26 bits per heavy atom. The first-order valence-electron chi connectivity index (χ1n) is 12.3. The minimum atomic E-state index is -2.34. The van der Waals surface area contributed by atoms with Gasteiger partial charge in [0.1, 0.15) is 11.9 Å². The summed E-state index contributed by atoms with van der Waals surface area (Å²) in [6.07, 6.45) is 9.16. The van der Waals surface area contributed by atoms with Crippen molar-refractivity contribution < 1.29 is 14.4 Å². The Balaban J connectivity index is 1.82. The molecule has 5 nitrogen and oxygen atoms in total. The first-order chi connectivity index (χ1) is 16.0. The molecule has 0 spiro atoms. The molecule has 2 aliphatic heterocycles. The van der Waals surface area contributed by atoms with Gasteiger partial charge < -0.3 is 4.74 Å². The molecule has 5 unspecified atom stereocenters. The van der Waals surface area contributed by atoms with Crippen LogP contribution in [0.25, 0.3) is 0 Å². The van der Waals surface area contributed by atoms with Gasteiger partial charge in [0.2, 0.25) is 0 Å². The molecule has 2 saturated heterocycles. The Labute approximate surface area is 216 Å². The maximum Gasteiger partial charge on any atom is 0.114 e. The van der Waals surface area contributed by atoms with E-state index in [4.69, 9.17) is 25.7 Å². The number of fused-ring (bicyclic) bond motifs is 1. The van der Waals surface area contributed by atoms with Gasteiger partial charge in [-0.1, -0.05) is 37.8 Å². The van der Waals surface area contributed by atoms with E-state index in [0.717, 1.165) is 36.8 Å². The van der Waals surface area contributed by atoms with E-state index in [1.165, 1.54) is 12.0 Å². The largest absolute Gasteiger partial charge is 0.375 e. The van der Waals surface area contributed by atoms with Crippen LogP contribution in [0, 0.1) is 36.0 Å². The first kappa shape index (κ1) is 26.8. The quantitative estimate of drug-likeness (QED) is 0.178. The molecular formula is C26H41N2O3PS2. The third kappa shape index (κ3) is 5.51. The highest BCUT2D eigenvalue weighted by Gasteiger charge is 2.56. The Bertz CT molecular complexity index is 944. The number of hydrogen-bond acceptors (Lipinski definition) is 7. The number of ether oxygens (including phenoxy) is 1. The van der Waals surface area contributed by atoms with Crippen LogP contribution in [0.4, 0.5) is 5.69 Å². The summed E-state index contributed by atoms with van der Waals surface area (Å²) in [7, 11) is -2.34. The van der Waals surface area contributed by atoms with Gasteiger partial charge >= 0.3 is 0 Å². The number of aliphatic imine (C=N–C) groups is 1. The van der Waals surface area contributed by atoms with Crippen molar-refractivity contribution in [3.05, 3.63) is 29.8 Å². The van der Waals surface area contributed by atoms with E-state index in [1.807, 2.05) is 0 Å². The second kappa shape index (κ2) is 10.2. The minimum Gasteiger partial charge on any atom is -0.375 e. The molecule has 0 bridgehead atoms. The molecule has 34 heavy (non-hydrogen) atoms. The van der Waals surface area contributed by atoms with Crippen molar-refractivity contribution in [1.29, 1.82) is 0 Å². The molecule has 1 saturated carbocycles. The second-order valence-corrected chi connectivity index (χ2v) is 15.2. The topological polar surface area (TPSA) is 43.3 Å². The lowest BCUT2D eigenvalue weighted by atomic mass is 9.75. The molecule has 3 fully saturated rings. The Morgan fingerprint density at radius 1 is 1.06 bits per heavy atom. The normalized spacial score (nSPS) is 35.7. The van der Waals surface area contributed by atoms with Crippen LogP contribution in [-0.2, 0) is 14.4 Å². The van der Waals surface area contributed by atoms with E-state index in [9.17, 15) is 0 Å². The maximum atomic E-state index is 6.23. The molecule has 1 aromatic rings. The first-order valence-corrected chi connectivity index (χ1v) is 15.7. The fourth-order valence-corrected chi connectivity index (χ4v) is 10.4. The number of benzene rings is 1. The highest BCUT2D eigenvalue weighted by atomic mass is 32.1. The summed E-state index contributed by atoms with van der Waals surface area (Å²) in [5.74, 6) is 2.34. The van der Waals surface area contributed by atoms with Gasteiger partial charge in [0.05, 0.1) is 23.3 Å². The zero-order valence-corrected chi connectivity index (χ0v) is 23.9. The predicted octanol–water partition coefficient (Wildman–Crippen LogP) is 6.83. The van der Waals surface area contributed by atoms with E-state index in [0.29, 0.717) is 23.7 Å². The summed E-state index contributed by atoms with van der Waals surface area (Å²) in [4.78, 5) is 18.9. The van der Waals surface area contributed by atoms with Crippen molar-refractivity contribution in [3.63, 3.8) is 0 Å². The van der Waals surface area contributed by atoms with Crippen molar-refractivity contribution in [1.82, 2.24) is 5.00 Å². The van der Waals surface area contributed by atoms with E-state index in [-0.39, 0.29) is 22.9 Å². The average molecular weight is 525 g/mol. The van der Waals surface area contributed by atoms with Crippen molar-refractivity contribution in [2.75, 3.05) is 24.6 Å². The van der Waals surface area contributed by atoms with E-state index in [2.05, 4.69) is 84.1 Å². The summed E-state index contributed by atoms with van der Waals surface area (Å²) < 4.78 is 6.23. The predicted molar refractivity (Wildman–Crippen MR) is 151 cm³/mol. The highest BCUT2D eigenvalue weighted by molar-refractivity contribution is 7.87. The fourth-order valence-electron chi connectivity index (χ4n) is 6.52. The van der Waals surface area contributed by atoms with Crippen molar-refractivity contribution in [3.8, 4) is 0 Å². The summed E-state index contributed by atoms with van der Waals surface area (Å²) in [5.41, 5.74) is 3.54. The lowest BCUT2D eigenvalue weighted by molar-refractivity contribution is -0.278. The van der Waals surface area contributed by atoms with Crippen LogP contribution in [0.3, 0.4) is 0 Å². The van der Waals surface area contributed by atoms with Gasteiger partial charge in [0.25, 0.3) is 0 Å². The summed E-state index contributed by atoms with van der Waals surface area (Å²) in [5, 5.41) is 0. The number of nitrogens with zero attached hydrogens (tertiary/aromatic N) is 2. The van der Waals surface area contributed by atoms with Crippen molar-refractivity contribution in [2.24, 2.45) is 34.1 Å². The zero-order chi connectivity index (χ0) is 24.7. The average Bonchev–Trinajstić information content (AvgIpc) is 3.29. The molecule has 1 aromatic carbocycles. The van der Waals surface area contributed by atoms with Crippen LogP contribution in [0.5, 0.6) is 0 Å². The van der Waals surface area contributed by atoms with Crippen LogP contribution in [0.2, 0.25) is 0 Å². The molecule has 8 heteroatoms. The van der Waals surface area contributed by atoms with Crippen LogP contribution >= 0.6 is 32.3 Å². The molecule has 5 atom stereocenters. The van der Waals surface area contributed by atoms with Gasteiger partial charge in [0, 0.05) is 13.0 Å². The van der Waals surface area contributed by atoms with Crippen LogP contribution < -0.4 is 0 Å². The minimum absolute atomic E-state index is 0.0737. The van der Waals surface area contributed by atoms with Crippen molar-refractivity contribution >= 4 is 49.7 Å².